The van der Waals surface area contributed by atoms with E-state index in [9.17, 15) is 14.7 Å². The summed E-state index contributed by atoms with van der Waals surface area (Å²) < 4.78 is 5.64. The molecule has 2 atom stereocenters. The number of benzene rings is 2. The largest absolute Gasteiger partial charge is 0.481 e. The average molecular weight is 357 g/mol. The third kappa shape index (κ3) is 3.51. The Morgan fingerprint density at radius 2 is 1.76 bits per heavy atom. The molecule has 25 heavy (non-hydrogen) atoms. The summed E-state index contributed by atoms with van der Waals surface area (Å²) in [7, 11) is 0. The molecular weight excluding hydrogens is 342 g/mol. The number of aromatic nitrogens is 1. The molecule has 3 aromatic rings. The number of hydrogen-bond acceptors (Lipinski definition) is 5. The van der Waals surface area contributed by atoms with Crippen LogP contribution in [0.2, 0.25) is 0 Å². The molecule has 2 aromatic carbocycles. The average Bonchev–Trinajstić information content (AvgIpc) is 3.02. The number of carboxylic acids is 2. The van der Waals surface area contributed by atoms with Crippen LogP contribution in [0.5, 0.6) is 0 Å². The van der Waals surface area contributed by atoms with Gasteiger partial charge in [0.05, 0.1) is 5.92 Å². The van der Waals surface area contributed by atoms with E-state index >= 15 is 0 Å². The van der Waals surface area contributed by atoms with E-state index in [1.165, 1.54) is 6.92 Å². The lowest BCUT2D eigenvalue weighted by Crippen LogP contribution is -2.30. The van der Waals surface area contributed by atoms with Crippen LogP contribution in [0.4, 0.5) is 0 Å². The third-order valence-electron chi connectivity index (χ3n) is 3.80. The number of carbonyl (C=O) groups is 2. The predicted octanol–water partition coefficient (Wildman–Crippen LogP) is 3.76. The van der Waals surface area contributed by atoms with Crippen LogP contribution in [0.3, 0.4) is 0 Å². The second kappa shape index (κ2) is 6.98. The quantitative estimate of drug-likeness (QED) is 0.648. The molecule has 0 radical (unpaired) electrons. The Bertz CT molecular complexity index is 922. The molecule has 0 amide bonds. The topological polar surface area (TPSA) is 101 Å². The molecular formula is C18H15NO5S. The Hall–Kier alpha value is -2.80. The highest BCUT2D eigenvalue weighted by Gasteiger charge is 2.32. The van der Waals surface area contributed by atoms with Gasteiger partial charge < -0.3 is 14.6 Å². The molecule has 0 saturated heterocycles. The van der Waals surface area contributed by atoms with Crippen molar-refractivity contribution in [1.82, 2.24) is 4.98 Å². The molecule has 0 saturated carbocycles. The summed E-state index contributed by atoms with van der Waals surface area (Å²) in [4.78, 5) is 26.9. The zero-order valence-corrected chi connectivity index (χ0v) is 14.1. The van der Waals surface area contributed by atoms with Crippen molar-refractivity contribution in [2.24, 2.45) is 5.92 Å². The zero-order valence-electron chi connectivity index (χ0n) is 13.2. The number of hydrogen-bond donors (Lipinski definition) is 2. The Balaban J connectivity index is 1.99. The van der Waals surface area contributed by atoms with Crippen LogP contribution in [0.25, 0.3) is 22.2 Å². The van der Waals surface area contributed by atoms with Crippen LogP contribution >= 0.6 is 11.8 Å². The van der Waals surface area contributed by atoms with Crippen LogP contribution in [0, 0.1) is 5.92 Å². The minimum absolute atomic E-state index is 0.138. The maximum atomic E-state index is 11.4. The highest BCUT2D eigenvalue weighted by molar-refractivity contribution is 8.00. The smallest absolute Gasteiger partial charge is 0.318 e. The van der Waals surface area contributed by atoms with E-state index in [1.54, 1.807) is 6.07 Å². The summed E-state index contributed by atoms with van der Waals surface area (Å²) in [5.41, 5.74) is 2.97. The van der Waals surface area contributed by atoms with Crippen molar-refractivity contribution in [3.05, 3.63) is 48.5 Å². The van der Waals surface area contributed by atoms with Crippen LogP contribution in [-0.4, -0.2) is 32.4 Å². The maximum Gasteiger partial charge on any atom is 0.318 e. The van der Waals surface area contributed by atoms with Gasteiger partial charge in [-0.2, -0.15) is 0 Å². The molecule has 0 aliphatic carbocycles. The van der Waals surface area contributed by atoms with Gasteiger partial charge in [-0.25, -0.2) is 4.98 Å². The number of fused-ring (bicyclic) bond motifs is 1. The van der Waals surface area contributed by atoms with Gasteiger partial charge in [-0.15, -0.1) is 0 Å². The summed E-state index contributed by atoms with van der Waals surface area (Å²) in [6.07, 6.45) is 0. The van der Waals surface area contributed by atoms with Gasteiger partial charge in [-0.05, 0) is 11.6 Å². The van der Waals surface area contributed by atoms with Gasteiger partial charge in [0.25, 0.3) is 5.22 Å². The molecule has 3 rings (SSSR count). The Kier molecular flexibility index (Phi) is 4.76. The monoisotopic (exact) mass is 357 g/mol. The molecule has 0 aliphatic heterocycles. The predicted molar refractivity (Wildman–Crippen MR) is 93.5 cm³/mol. The number of thioether (sulfide) groups is 1. The second-order valence-corrected chi connectivity index (χ2v) is 6.59. The molecule has 2 unspecified atom stereocenters. The number of rotatable bonds is 6. The fourth-order valence-electron chi connectivity index (χ4n) is 2.43. The standard InChI is InChI=1S/C18H15NO5S/c1-10(16(20)21)15(17(22)23)25-18-19-14-12(8-5-9-13(14)24-18)11-6-3-2-4-7-11/h2-10,15H,1H3,(H,20,21)(H,22,23). The van der Waals surface area contributed by atoms with Crippen molar-refractivity contribution in [3.8, 4) is 11.1 Å². The van der Waals surface area contributed by atoms with Crippen molar-refractivity contribution < 1.29 is 24.2 Å². The molecule has 2 N–H and O–H groups in total. The highest BCUT2D eigenvalue weighted by atomic mass is 32.2. The summed E-state index contributed by atoms with van der Waals surface area (Å²) in [5.74, 6) is -3.47. The van der Waals surface area contributed by atoms with Crippen LogP contribution in [0.1, 0.15) is 6.92 Å². The first-order valence-corrected chi connectivity index (χ1v) is 8.42. The molecule has 1 heterocycles. The lowest BCUT2D eigenvalue weighted by atomic mass is 10.0. The lowest BCUT2D eigenvalue weighted by Gasteiger charge is -2.13. The first-order chi connectivity index (χ1) is 12.0. The summed E-state index contributed by atoms with van der Waals surface area (Å²) in [5, 5.41) is 17.3. The molecule has 7 heteroatoms. The first kappa shape index (κ1) is 17.0. The zero-order chi connectivity index (χ0) is 18.0. The van der Waals surface area contributed by atoms with Gasteiger partial charge in [0.2, 0.25) is 0 Å². The lowest BCUT2D eigenvalue weighted by molar-refractivity contribution is -0.146. The van der Waals surface area contributed by atoms with E-state index < -0.39 is 23.1 Å². The molecule has 0 aliphatic rings. The van der Waals surface area contributed by atoms with Crippen molar-refractivity contribution >= 4 is 34.8 Å². The second-order valence-electron chi connectivity index (χ2n) is 5.50. The molecule has 0 spiro atoms. The third-order valence-corrected chi connectivity index (χ3v) is 5.04. The Morgan fingerprint density at radius 1 is 1.04 bits per heavy atom. The fourth-order valence-corrected chi connectivity index (χ4v) is 3.35. The van der Waals surface area contributed by atoms with Crippen molar-refractivity contribution in [1.29, 1.82) is 0 Å². The SMILES string of the molecule is CC(C(=O)O)C(Sc1nc2c(-c3ccccc3)cccc2o1)C(=O)O. The van der Waals surface area contributed by atoms with Gasteiger partial charge in [-0.3, -0.25) is 9.59 Å². The minimum Gasteiger partial charge on any atom is -0.481 e. The van der Waals surface area contributed by atoms with Crippen molar-refractivity contribution in [3.63, 3.8) is 0 Å². The summed E-state index contributed by atoms with van der Waals surface area (Å²) in [6.45, 7) is 1.35. The van der Waals surface area contributed by atoms with E-state index in [2.05, 4.69) is 4.98 Å². The Labute approximate surface area is 147 Å². The number of para-hydroxylation sites is 1. The Morgan fingerprint density at radius 3 is 2.40 bits per heavy atom. The van der Waals surface area contributed by atoms with E-state index in [0.29, 0.717) is 11.1 Å². The summed E-state index contributed by atoms with van der Waals surface area (Å²) in [6, 6.07) is 15.1. The molecule has 1 aromatic heterocycles. The van der Waals surface area contributed by atoms with E-state index in [4.69, 9.17) is 9.52 Å². The molecule has 0 fully saturated rings. The van der Waals surface area contributed by atoms with Crippen LogP contribution in [-0.2, 0) is 9.59 Å². The van der Waals surface area contributed by atoms with E-state index in [1.807, 2.05) is 42.5 Å². The van der Waals surface area contributed by atoms with E-state index in [0.717, 1.165) is 22.9 Å². The molecule has 0 bridgehead atoms. The van der Waals surface area contributed by atoms with Gasteiger partial charge in [0.15, 0.2) is 5.58 Å². The van der Waals surface area contributed by atoms with Gasteiger partial charge in [0.1, 0.15) is 10.8 Å². The number of nitrogens with zero attached hydrogens (tertiary/aromatic N) is 1. The normalized spacial score (nSPS) is 13.5. The highest BCUT2D eigenvalue weighted by Crippen LogP contribution is 2.34. The van der Waals surface area contributed by atoms with E-state index in [-0.39, 0.29) is 5.22 Å². The van der Waals surface area contributed by atoms with Gasteiger partial charge >= 0.3 is 11.9 Å². The number of aliphatic carboxylic acids is 2. The fraction of sp³-hybridized carbons (Fsp3) is 0.167. The first-order valence-electron chi connectivity index (χ1n) is 7.54. The van der Waals surface area contributed by atoms with Crippen LogP contribution in [0.15, 0.2) is 58.2 Å². The molecule has 6 nitrogen and oxygen atoms in total. The summed E-state index contributed by atoms with van der Waals surface area (Å²) >= 11 is 0.805. The van der Waals surface area contributed by atoms with Gasteiger partial charge in [0, 0.05) is 5.56 Å². The van der Waals surface area contributed by atoms with Crippen molar-refractivity contribution in [2.75, 3.05) is 0 Å². The number of oxazole rings is 1. The molecule has 128 valence electrons. The maximum absolute atomic E-state index is 11.4. The minimum atomic E-state index is -1.22. The number of carboxylic acid groups (broad SMARTS) is 2. The van der Waals surface area contributed by atoms with Gasteiger partial charge in [-0.1, -0.05) is 61.2 Å². The van der Waals surface area contributed by atoms with Crippen LogP contribution < -0.4 is 0 Å². The van der Waals surface area contributed by atoms with Crippen molar-refractivity contribution in [2.45, 2.75) is 17.4 Å².